The quantitative estimate of drug-likeness (QED) is 0.758. The van der Waals surface area contributed by atoms with Crippen LogP contribution in [0.5, 0.6) is 0 Å². The van der Waals surface area contributed by atoms with Crippen molar-refractivity contribution in [3.8, 4) is 11.8 Å². The van der Waals surface area contributed by atoms with Crippen LogP contribution in [0.1, 0.15) is 22.5 Å². The molecule has 112 valence electrons. The Morgan fingerprint density at radius 2 is 2.52 bits per heavy atom. The van der Waals surface area contributed by atoms with Gasteiger partial charge in [-0.2, -0.15) is 0 Å². The standard InChI is InChI=1S/C15H19N3O3/c1-20-15(6-9-21-11-15)10-18-14(19)13-12(4-2-7-16)5-3-8-17-13/h3,5,8H,6-7,9-11,16H2,1H3,(H,18,19). The Morgan fingerprint density at radius 1 is 1.67 bits per heavy atom. The van der Waals surface area contributed by atoms with Crippen molar-refractivity contribution < 1.29 is 14.3 Å². The molecule has 2 rings (SSSR count). The van der Waals surface area contributed by atoms with Crippen molar-refractivity contribution >= 4 is 5.91 Å². The van der Waals surface area contributed by atoms with Crippen molar-refractivity contribution in [3.63, 3.8) is 0 Å². The summed E-state index contributed by atoms with van der Waals surface area (Å²) in [7, 11) is 1.62. The molecule has 0 aliphatic carbocycles. The summed E-state index contributed by atoms with van der Waals surface area (Å²) in [5.74, 6) is 5.30. The van der Waals surface area contributed by atoms with Gasteiger partial charge in [-0.3, -0.25) is 4.79 Å². The summed E-state index contributed by atoms with van der Waals surface area (Å²) in [6.45, 7) is 1.73. The highest BCUT2D eigenvalue weighted by Gasteiger charge is 2.35. The largest absolute Gasteiger partial charge is 0.378 e. The van der Waals surface area contributed by atoms with Crippen LogP contribution >= 0.6 is 0 Å². The van der Waals surface area contributed by atoms with Crippen molar-refractivity contribution in [1.82, 2.24) is 10.3 Å². The van der Waals surface area contributed by atoms with Crippen LogP contribution in [0.15, 0.2) is 18.3 Å². The van der Waals surface area contributed by atoms with Crippen LogP contribution in [0.3, 0.4) is 0 Å². The van der Waals surface area contributed by atoms with Gasteiger partial charge < -0.3 is 20.5 Å². The molecule has 6 nitrogen and oxygen atoms in total. The van der Waals surface area contributed by atoms with E-state index in [0.29, 0.717) is 31.0 Å². The second-order valence-corrected chi connectivity index (χ2v) is 4.78. The maximum atomic E-state index is 12.3. The summed E-state index contributed by atoms with van der Waals surface area (Å²) in [6.07, 6.45) is 2.32. The number of hydrogen-bond acceptors (Lipinski definition) is 5. The maximum absolute atomic E-state index is 12.3. The zero-order valence-electron chi connectivity index (χ0n) is 12.0. The molecule has 1 aliphatic rings. The number of hydrogen-bond donors (Lipinski definition) is 2. The van der Waals surface area contributed by atoms with Crippen molar-refractivity contribution in [2.24, 2.45) is 5.73 Å². The molecule has 0 saturated carbocycles. The highest BCUT2D eigenvalue weighted by molar-refractivity contribution is 5.94. The SMILES string of the molecule is COC1(CNC(=O)c2ncccc2C#CCN)CCOC1. The summed E-state index contributed by atoms with van der Waals surface area (Å²) >= 11 is 0. The Labute approximate surface area is 124 Å². The first-order valence-electron chi connectivity index (χ1n) is 6.76. The van der Waals surface area contributed by atoms with Gasteiger partial charge in [0.25, 0.3) is 5.91 Å². The number of carbonyl (C=O) groups is 1. The molecule has 1 amide bonds. The molecule has 21 heavy (non-hydrogen) atoms. The van der Waals surface area contributed by atoms with Gasteiger partial charge in [-0.15, -0.1) is 0 Å². The number of nitrogens with one attached hydrogen (secondary N) is 1. The van der Waals surface area contributed by atoms with Gasteiger partial charge in [0, 0.05) is 32.9 Å². The van der Waals surface area contributed by atoms with E-state index in [2.05, 4.69) is 22.1 Å². The van der Waals surface area contributed by atoms with Crippen LogP contribution in [0.2, 0.25) is 0 Å². The van der Waals surface area contributed by atoms with Gasteiger partial charge in [0.2, 0.25) is 0 Å². The third-order valence-electron chi connectivity index (χ3n) is 3.42. The third-order valence-corrected chi connectivity index (χ3v) is 3.42. The molecule has 2 heterocycles. The van der Waals surface area contributed by atoms with Gasteiger partial charge in [-0.25, -0.2) is 4.98 Å². The van der Waals surface area contributed by atoms with Crippen LogP contribution in [0.4, 0.5) is 0 Å². The van der Waals surface area contributed by atoms with E-state index in [-0.39, 0.29) is 12.5 Å². The molecular formula is C15H19N3O3. The predicted octanol–water partition coefficient (Wildman–Crippen LogP) is -0.0729. The van der Waals surface area contributed by atoms with Gasteiger partial charge in [0.15, 0.2) is 0 Å². The van der Waals surface area contributed by atoms with Gasteiger partial charge in [-0.1, -0.05) is 11.8 Å². The monoisotopic (exact) mass is 289 g/mol. The first kappa shape index (κ1) is 15.4. The molecule has 0 spiro atoms. The van der Waals surface area contributed by atoms with E-state index in [1.54, 1.807) is 25.4 Å². The van der Waals surface area contributed by atoms with Gasteiger partial charge in [0.1, 0.15) is 11.3 Å². The van der Waals surface area contributed by atoms with Crippen LogP contribution < -0.4 is 11.1 Å². The topological polar surface area (TPSA) is 86.5 Å². The van der Waals surface area contributed by atoms with E-state index < -0.39 is 5.60 Å². The molecule has 0 aromatic carbocycles. The number of amides is 1. The second-order valence-electron chi connectivity index (χ2n) is 4.78. The molecule has 1 atom stereocenters. The van der Waals surface area contributed by atoms with Crippen molar-refractivity contribution in [1.29, 1.82) is 0 Å². The summed E-state index contributed by atoms with van der Waals surface area (Å²) in [6, 6.07) is 3.48. The van der Waals surface area contributed by atoms with Gasteiger partial charge in [-0.05, 0) is 12.1 Å². The third kappa shape index (κ3) is 3.79. The van der Waals surface area contributed by atoms with Crippen LogP contribution in [-0.4, -0.2) is 49.9 Å². The lowest BCUT2D eigenvalue weighted by Crippen LogP contribution is -2.45. The number of carbonyl (C=O) groups excluding carboxylic acids is 1. The minimum Gasteiger partial charge on any atom is -0.378 e. The number of pyridine rings is 1. The first-order valence-corrected chi connectivity index (χ1v) is 6.76. The fourth-order valence-electron chi connectivity index (χ4n) is 2.12. The fraction of sp³-hybridized carbons (Fsp3) is 0.467. The highest BCUT2D eigenvalue weighted by Crippen LogP contribution is 2.21. The maximum Gasteiger partial charge on any atom is 0.271 e. The van der Waals surface area contributed by atoms with Crippen LogP contribution in [0.25, 0.3) is 0 Å². The minimum absolute atomic E-state index is 0.236. The smallest absolute Gasteiger partial charge is 0.271 e. The highest BCUT2D eigenvalue weighted by atomic mass is 16.5. The van der Waals surface area contributed by atoms with E-state index in [0.717, 1.165) is 6.42 Å². The molecular weight excluding hydrogens is 270 g/mol. The minimum atomic E-state index is -0.451. The summed E-state index contributed by atoms with van der Waals surface area (Å²) in [5, 5.41) is 2.84. The van der Waals surface area contributed by atoms with E-state index in [4.69, 9.17) is 15.2 Å². The molecule has 0 radical (unpaired) electrons. The molecule has 6 heteroatoms. The fourth-order valence-corrected chi connectivity index (χ4v) is 2.12. The molecule has 1 saturated heterocycles. The number of nitrogens with zero attached hydrogens (tertiary/aromatic N) is 1. The number of rotatable bonds is 4. The van der Waals surface area contributed by atoms with Crippen molar-refractivity contribution in [2.45, 2.75) is 12.0 Å². The van der Waals surface area contributed by atoms with Crippen molar-refractivity contribution in [3.05, 3.63) is 29.6 Å². The Bertz CT molecular complexity index is 557. The first-order chi connectivity index (χ1) is 10.2. The van der Waals surface area contributed by atoms with Gasteiger partial charge in [0.05, 0.1) is 18.7 Å². The van der Waals surface area contributed by atoms with E-state index in [1.165, 1.54) is 0 Å². The molecule has 1 aromatic rings. The molecule has 1 unspecified atom stereocenters. The zero-order chi connectivity index (χ0) is 15.1. The Balaban J connectivity index is 2.07. The molecule has 3 N–H and O–H groups in total. The van der Waals surface area contributed by atoms with E-state index in [9.17, 15) is 4.79 Å². The average molecular weight is 289 g/mol. The number of ether oxygens (including phenoxy) is 2. The van der Waals surface area contributed by atoms with E-state index >= 15 is 0 Å². The Hall–Kier alpha value is -1.94. The van der Waals surface area contributed by atoms with Crippen LogP contribution in [0, 0.1) is 11.8 Å². The number of nitrogens with two attached hydrogens (primary N) is 1. The summed E-state index contributed by atoms with van der Waals surface area (Å²) in [5.41, 5.74) is 5.76. The normalized spacial score (nSPS) is 20.7. The molecule has 1 aliphatic heterocycles. The lowest BCUT2D eigenvalue weighted by molar-refractivity contribution is -0.0149. The summed E-state index contributed by atoms with van der Waals surface area (Å²) in [4.78, 5) is 16.4. The number of methoxy groups -OCH3 is 1. The lowest BCUT2D eigenvalue weighted by atomic mass is 10.0. The lowest BCUT2D eigenvalue weighted by Gasteiger charge is -2.25. The molecule has 0 bridgehead atoms. The van der Waals surface area contributed by atoms with E-state index in [1.807, 2.05) is 0 Å². The summed E-state index contributed by atoms with van der Waals surface area (Å²) < 4.78 is 10.8. The number of aromatic nitrogens is 1. The molecule has 1 aromatic heterocycles. The Morgan fingerprint density at radius 3 is 3.19 bits per heavy atom. The average Bonchev–Trinajstić information content (AvgIpc) is 3.00. The second kappa shape index (κ2) is 7.18. The van der Waals surface area contributed by atoms with Crippen molar-refractivity contribution in [2.75, 3.05) is 33.4 Å². The molecule has 1 fully saturated rings. The van der Waals surface area contributed by atoms with Crippen LogP contribution in [-0.2, 0) is 9.47 Å². The zero-order valence-corrected chi connectivity index (χ0v) is 12.0. The predicted molar refractivity (Wildman–Crippen MR) is 77.7 cm³/mol. The van der Waals surface area contributed by atoms with Gasteiger partial charge >= 0.3 is 0 Å². The Kier molecular flexibility index (Phi) is 5.28.